The molecule has 0 aliphatic carbocycles. The first-order valence-electron chi connectivity index (χ1n) is 7.89. The van der Waals surface area contributed by atoms with Crippen molar-refractivity contribution in [2.75, 3.05) is 45.6 Å². The van der Waals surface area contributed by atoms with Gasteiger partial charge in [0, 0.05) is 26.2 Å². The maximum Gasteiger partial charge on any atom is 0.211 e. The van der Waals surface area contributed by atoms with Crippen molar-refractivity contribution in [2.24, 2.45) is 0 Å². The summed E-state index contributed by atoms with van der Waals surface area (Å²) < 4.78 is 30.3. The fourth-order valence-corrected chi connectivity index (χ4v) is 3.51. The van der Waals surface area contributed by atoms with Crippen LogP contribution in [0, 0.1) is 6.92 Å². The molecule has 1 N–H and O–H groups in total. The fraction of sp³-hybridized carbons (Fsp3) is 0.625. The van der Waals surface area contributed by atoms with E-state index in [2.05, 4.69) is 4.90 Å². The molecule has 1 saturated heterocycles. The Morgan fingerprint density at radius 1 is 1.17 bits per heavy atom. The van der Waals surface area contributed by atoms with Crippen LogP contribution in [0.15, 0.2) is 24.3 Å². The van der Waals surface area contributed by atoms with Gasteiger partial charge < -0.3 is 9.84 Å². The molecule has 0 aromatic heterocycles. The summed E-state index contributed by atoms with van der Waals surface area (Å²) in [5, 5.41) is 10.1. The number of β-amino-alcohol motifs (C(OH)–C–C–N with tert-alkyl or cyclic N) is 1. The SMILES string of the molecule is Cc1ccc(OCC(O)CN2CCCN(S(C)(=O)=O)CC2)cc1. The van der Waals surface area contributed by atoms with Gasteiger partial charge in [-0.2, -0.15) is 0 Å². The molecule has 0 bridgehead atoms. The number of rotatable bonds is 6. The van der Waals surface area contributed by atoms with Crippen LogP contribution < -0.4 is 4.74 Å². The Morgan fingerprint density at radius 3 is 2.52 bits per heavy atom. The average Bonchev–Trinajstić information content (AvgIpc) is 2.72. The Hall–Kier alpha value is -1.15. The molecule has 1 unspecified atom stereocenters. The molecule has 1 aromatic rings. The van der Waals surface area contributed by atoms with Crippen LogP contribution in [0.1, 0.15) is 12.0 Å². The normalized spacial score (nSPS) is 19.3. The van der Waals surface area contributed by atoms with E-state index in [0.717, 1.165) is 24.3 Å². The number of aliphatic hydroxyl groups is 1. The van der Waals surface area contributed by atoms with Crippen molar-refractivity contribution in [3.63, 3.8) is 0 Å². The number of nitrogens with zero attached hydrogens (tertiary/aromatic N) is 2. The molecule has 0 saturated carbocycles. The van der Waals surface area contributed by atoms with E-state index in [1.165, 1.54) is 10.6 Å². The zero-order valence-electron chi connectivity index (χ0n) is 13.8. The maximum atomic E-state index is 11.6. The molecule has 1 atom stereocenters. The molecule has 1 aliphatic heterocycles. The predicted molar refractivity (Wildman–Crippen MR) is 90.2 cm³/mol. The monoisotopic (exact) mass is 342 g/mol. The Labute approximate surface area is 138 Å². The number of aliphatic hydroxyl groups excluding tert-OH is 1. The quantitative estimate of drug-likeness (QED) is 0.824. The van der Waals surface area contributed by atoms with Gasteiger partial charge in [-0.3, -0.25) is 4.90 Å². The largest absolute Gasteiger partial charge is 0.491 e. The highest BCUT2D eigenvalue weighted by Gasteiger charge is 2.22. The molecule has 1 heterocycles. The highest BCUT2D eigenvalue weighted by Crippen LogP contribution is 2.12. The second kappa shape index (κ2) is 8.10. The van der Waals surface area contributed by atoms with Gasteiger partial charge in [0.05, 0.1) is 6.26 Å². The van der Waals surface area contributed by atoms with Gasteiger partial charge in [-0.15, -0.1) is 0 Å². The lowest BCUT2D eigenvalue weighted by atomic mass is 10.2. The molecule has 0 spiro atoms. The number of aryl methyl sites for hydroxylation is 1. The number of hydrogen-bond donors (Lipinski definition) is 1. The topological polar surface area (TPSA) is 70.1 Å². The molecular formula is C16H26N2O4S. The Morgan fingerprint density at radius 2 is 1.87 bits per heavy atom. The Bertz CT molecular complexity index is 589. The average molecular weight is 342 g/mol. The van der Waals surface area contributed by atoms with Gasteiger partial charge in [0.15, 0.2) is 0 Å². The van der Waals surface area contributed by atoms with Crippen LogP contribution in [0.4, 0.5) is 0 Å². The third kappa shape index (κ3) is 6.10. The summed E-state index contributed by atoms with van der Waals surface area (Å²) in [6.07, 6.45) is 1.42. The molecule has 23 heavy (non-hydrogen) atoms. The van der Waals surface area contributed by atoms with E-state index in [-0.39, 0.29) is 6.61 Å². The Balaban J connectivity index is 1.76. The highest BCUT2D eigenvalue weighted by atomic mass is 32.2. The maximum absolute atomic E-state index is 11.6. The van der Waals surface area contributed by atoms with E-state index >= 15 is 0 Å². The van der Waals surface area contributed by atoms with Gasteiger partial charge in [-0.05, 0) is 32.0 Å². The lowest BCUT2D eigenvalue weighted by molar-refractivity contribution is 0.0700. The van der Waals surface area contributed by atoms with Gasteiger partial charge in [0.2, 0.25) is 10.0 Å². The summed E-state index contributed by atoms with van der Waals surface area (Å²) in [5.74, 6) is 0.744. The molecule has 1 aliphatic rings. The standard InChI is InChI=1S/C16H26N2O4S/c1-14-4-6-16(7-5-14)22-13-15(19)12-17-8-3-9-18(11-10-17)23(2,20)21/h4-7,15,19H,3,8-13H2,1-2H3. The molecule has 0 radical (unpaired) electrons. The van der Waals surface area contributed by atoms with Crippen LogP contribution >= 0.6 is 0 Å². The van der Waals surface area contributed by atoms with E-state index in [1.807, 2.05) is 31.2 Å². The van der Waals surface area contributed by atoms with Crippen molar-refractivity contribution in [1.29, 1.82) is 0 Å². The van der Waals surface area contributed by atoms with Crippen molar-refractivity contribution < 1.29 is 18.3 Å². The van der Waals surface area contributed by atoms with Crippen LogP contribution in [-0.2, 0) is 10.0 Å². The van der Waals surface area contributed by atoms with Crippen molar-refractivity contribution in [1.82, 2.24) is 9.21 Å². The van der Waals surface area contributed by atoms with Gasteiger partial charge in [0.1, 0.15) is 18.5 Å². The van der Waals surface area contributed by atoms with Crippen LogP contribution in [-0.4, -0.2) is 74.4 Å². The third-order valence-electron chi connectivity index (χ3n) is 3.95. The zero-order valence-corrected chi connectivity index (χ0v) is 14.6. The zero-order chi connectivity index (χ0) is 16.9. The van der Waals surface area contributed by atoms with Crippen molar-refractivity contribution in [2.45, 2.75) is 19.4 Å². The fourth-order valence-electron chi connectivity index (χ4n) is 2.64. The molecule has 0 amide bonds. The first-order valence-corrected chi connectivity index (χ1v) is 9.74. The van der Waals surface area contributed by atoms with Crippen LogP contribution in [0.2, 0.25) is 0 Å². The smallest absolute Gasteiger partial charge is 0.211 e. The molecule has 6 nitrogen and oxygen atoms in total. The van der Waals surface area contributed by atoms with Crippen LogP contribution in [0.25, 0.3) is 0 Å². The molecule has 130 valence electrons. The number of sulfonamides is 1. The van der Waals surface area contributed by atoms with Gasteiger partial charge >= 0.3 is 0 Å². The second-order valence-corrected chi connectivity index (χ2v) is 8.08. The molecule has 2 rings (SSSR count). The summed E-state index contributed by atoms with van der Waals surface area (Å²) in [4.78, 5) is 2.09. The number of ether oxygens (including phenoxy) is 1. The van der Waals surface area contributed by atoms with Crippen molar-refractivity contribution in [3.05, 3.63) is 29.8 Å². The van der Waals surface area contributed by atoms with E-state index in [0.29, 0.717) is 26.2 Å². The van der Waals surface area contributed by atoms with E-state index in [1.54, 1.807) is 0 Å². The molecule has 1 aromatic carbocycles. The minimum absolute atomic E-state index is 0.231. The molecular weight excluding hydrogens is 316 g/mol. The number of hydrogen-bond acceptors (Lipinski definition) is 5. The summed E-state index contributed by atoms with van der Waals surface area (Å²) in [7, 11) is -3.13. The summed E-state index contributed by atoms with van der Waals surface area (Å²) in [6, 6.07) is 7.71. The minimum atomic E-state index is -3.13. The summed E-state index contributed by atoms with van der Waals surface area (Å²) in [5.41, 5.74) is 1.16. The number of benzene rings is 1. The highest BCUT2D eigenvalue weighted by molar-refractivity contribution is 7.88. The lowest BCUT2D eigenvalue weighted by Crippen LogP contribution is -2.39. The third-order valence-corrected chi connectivity index (χ3v) is 5.25. The van der Waals surface area contributed by atoms with Crippen LogP contribution in [0.3, 0.4) is 0 Å². The van der Waals surface area contributed by atoms with Crippen molar-refractivity contribution >= 4 is 10.0 Å². The Kier molecular flexibility index (Phi) is 6.41. The van der Waals surface area contributed by atoms with Gasteiger partial charge in [0.25, 0.3) is 0 Å². The van der Waals surface area contributed by atoms with Gasteiger partial charge in [-0.25, -0.2) is 12.7 Å². The second-order valence-electron chi connectivity index (χ2n) is 6.09. The molecule has 7 heteroatoms. The first-order chi connectivity index (χ1) is 10.8. The lowest BCUT2D eigenvalue weighted by Gasteiger charge is -2.23. The van der Waals surface area contributed by atoms with Gasteiger partial charge in [-0.1, -0.05) is 17.7 Å². The van der Waals surface area contributed by atoms with E-state index < -0.39 is 16.1 Å². The summed E-state index contributed by atoms with van der Waals surface area (Å²) in [6.45, 7) is 5.18. The van der Waals surface area contributed by atoms with E-state index in [9.17, 15) is 13.5 Å². The van der Waals surface area contributed by atoms with E-state index in [4.69, 9.17) is 4.74 Å². The predicted octanol–water partition coefficient (Wildman–Crippen LogP) is 0.702. The first kappa shape index (κ1) is 18.2. The van der Waals surface area contributed by atoms with Crippen LogP contribution in [0.5, 0.6) is 5.75 Å². The molecule has 1 fully saturated rings. The summed E-state index contributed by atoms with van der Waals surface area (Å²) >= 11 is 0. The van der Waals surface area contributed by atoms with Crippen molar-refractivity contribution in [3.8, 4) is 5.75 Å². The minimum Gasteiger partial charge on any atom is -0.491 e.